The molecule has 2 N–H and O–H groups in total. The van der Waals surface area contributed by atoms with Crippen LogP contribution in [0.1, 0.15) is 27.6 Å². The van der Waals surface area contributed by atoms with Crippen molar-refractivity contribution in [2.24, 2.45) is 0 Å². The Morgan fingerprint density at radius 2 is 1.85 bits per heavy atom. The van der Waals surface area contributed by atoms with E-state index in [4.69, 9.17) is 9.47 Å². The van der Waals surface area contributed by atoms with Gasteiger partial charge in [-0.2, -0.15) is 0 Å². The minimum absolute atomic E-state index is 0.0489. The second-order valence-electron chi connectivity index (χ2n) is 7.94. The number of anilines is 1. The second-order valence-corrected chi connectivity index (χ2v) is 7.94. The highest BCUT2D eigenvalue weighted by Gasteiger charge is 2.35. The van der Waals surface area contributed by atoms with Crippen LogP contribution in [-0.2, 0) is 16.1 Å². The van der Waals surface area contributed by atoms with Crippen LogP contribution in [-0.4, -0.2) is 48.2 Å². The molecule has 1 fully saturated rings. The van der Waals surface area contributed by atoms with Crippen LogP contribution in [0.5, 0.6) is 5.75 Å². The minimum Gasteiger partial charge on any atom is -0.496 e. The monoisotopic (exact) mass is 464 g/mol. The number of amides is 2. The van der Waals surface area contributed by atoms with Crippen molar-refractivity contribution in [3.05, 3.63) is 95.3 Å². The first-order chi connectivity index (χ1) is 16.5. The van der Waals surface area contributed by atoms with E-state index in [1.54, 1.807) is 36.3 Å². The van der Waals surface area contributed by atoms with Gasteiger partial charge in [0, 0.05) is 23.4 Å². The number of nitrogens with one attached hydrogen (secondary N) is 1. The predicted molar refractivity (Wildman–Crippen MR) is 124 cm³/mol. The molecule has 7 nitrogen and oxygen atoms in total. The smallest absolute Gasteiger partial charge is 0.255 e. The third-order valence-electron chi connectivity index (χ3n) is 5.75. The molecule has 0 saturated carbocycles. The van der Waals surface area contributed by atoms with Crippen molar-refractivity contribution < 1.29 is 28.6 Å². The summed E-state index contributed by atoms with van der Waals surface area (Å²) in [6.45, 7) is 0.414. The zero-order valence-electron chi connectivity index (χ0n) is 18.6. The van der Waals surface area contributed by atoms with Crippen molar-refractivity contribution in [1.29, 1.82) is 0 Å². The zero-order chi connectivity index (χ0) is 24.1. The van der Waals surface area contributed by atoms with Gasteiger partial charge in [-0.25, -0.2) is 4.39 Å². The van der Waals surface area contributed by atoms with Crippen LogP contribution < -0.4 is 10.1 Å². The fraction of sp³-hybridized carbons (Fsp3) is 0.231. The standard InChI is InChI=1S/C26H25FN2O5/c1-33-23-5-3-2-4-19(23)14-29-22(15-34-16-24(29)30)25(31)17-8-12-21(13-9-17)28-26(32)18-6-10-20(27)11-7-18/h2-13,22,25,31H,14-16H2,1H3,(H,28,32)/t22-,25-/m1/s1. The lowest BCUT2D eigenvalue weighted by molar-refractivity contribution is -0.155. The Bertz CT molecular complexity index is 1150. The summed E-state index contributed by atoms with van der Waals surface area (Å²) in [6.07, 6.45) is -0.999. The molecule has 0 unspecified atom stereocenters. The lowest BCUT2D eigenvalue weighted by atomic mass is 9.99. The van der Waals surface area contributed by atoms with E-state index in [2.05, 4.69) is 5.32 Å². The molecule has 2 amide bonds. The highest BCUT2D eigenvalue weighted by Crippen LogP contribution is 2.28. The SMILES string of the molecule is COc1ccccc1CN1C(=O)COC[C@@H]1[C@H](O)c1ccc(NC(=O)c2ccc(F)cc2)cc1. The average Bonchev–Trinajstić information content (AvgIpc) is 2.86. The lowest BCUT2D eigenvalue weighted by Gasteiger charge is -2.38. The van der Waals surface area contributed by atoms with Crippen molar-refractivity contribution in [3.63, 3.8) is 0 Å². The Morgan fingerprint density at radius 3 is 2.56 bits per heavy atom. The van der Waals surface area contributed by atoms with E-state index in [-0.39, 0.29) is 31.6 Å². The summed E-state index contributed by atoms with van der Waals surface area (Å²) in [4.78, 5) is 26.6. The first kappa shape index (κ1) is 23.4. The molecule has 1 aliphatic heterocycles. The third kappa shape index (κ3) is 5.24. The van der Waals surface area contributed by atoms with E-state index in [9.17, 15) is 19.1 Å². The number of para-hydroxylation sites is 1. The van der Waals surface area contributed by atoms with E-state index < -0.39 is 18.0 Å². The summed E-state index contributed by atoms with van der Waals surface area (Å²) in [5, 5.41) is 13.8. The number of carbonyl (C=O) groups excluding carboxylic acids is 2. The van der Waals surface area contributed by atoms with Crippen LogP contribution in [0.3, 0.4) is 0 Å². The summed E-state index contributed by atoms with van der Waals surface area (Å²) >= 11 is 0. The molecule has 0 aromatic heterocycles. The van der Waals surface area contributed by atoms with Gasteiger partial charge in [-0.1, -0.05) is 30.3 Å². The number of hydrogen-bond acceptors (Lipinski definition) is 5. The molecule has 176 valence electrons. The maximum Gasteiger partial charge on any atom is 0.255 e. The Hall–Kier alpha value is -3.75. The van der Waals surface area contributed by atoms with Crippen molar-refractivity contribution in [2.45, 2.75) is 18.7 Å². The summed E-state index contributed by atoms with van der Waals surface area (Å²) in [5.74, 6) is -0.344. The Kier molecular flexibility index (Phi) is 7.20. The first-order valence-corrected chi connectivity index (χ1v) is 10.8. The maximum atomic E-state index is 13.1. The van der Waals surface area contributed by atoms with Crippen LogP contribution in [0.25, 0.3) is 0 Å². The lowest BCUT2D eigenvalue weighted by Crippen LogP contribution is -2.51. The van der Waals surface area contributed by atoms with Crippen molar-refractivity contribution in [3.8, 4) is 5.75 Å². The molecule has 1 saturated heterocycles. The number of halogens is 1. The molecular weight excluding hydrogens is 439 g/mol. The topological polar surface area (TPSA) is 88.1 Å². The zero-order valence-corrected chi connectivity index (χ0v) is 18.6. The van der Waals surface area contributed by atoms with Crippen LogP contribution in [0, 0.1) is 5.82 Å². The summed E-state index contributed by atoms with van der Waals surface area (Å²) < 4.78 is 23.9. The number of aliphatic hydroxyl groups is 1. The number of carbonyl (C=O) groups is 2. The van der Waals surface area contributed by atoms with E-state index in [1.165, 1.54) is 24.3 Å². The fourth-order valence-corrected chi connectivity index (χ4v) is 3.90. The number of rotatable bonds is 7. The molecule has 8 heteroatoms. The Labute approximate surface area is 196 Å². The molecule has 3 aromatic carbocycles. The predicted octanol–water partition coefficient (Wildman–Crippen LogP) is 3.55. The average molecular weight is 464 g/mol. The van der Waals surface area contributed by atoms with Crippen LogP contribution >= 0.6 is 0 Å². The number of methoxy groups -OCH3 is 1. The van der Waals surface area contributed by atoms with Gasteiger partial charge in [-0.3, -0.25) is 9.59 Å². The molecular formula is C26H25FN2O5. The van der Waals surface area contributed by atoms with Gasteiger partial charge in [0.2, 0.25) is 5.91 Å². The van der Waals surface area contributed by atoms with E-state index >= 15 is 0 Å². The molecule has 4 rings (SSSR count). The summed E-state index contributed by atoms with van der Waals surface area (Å²) in [5.41, 5.74) is 2.26. The number of aliphatic hydroxyl groups excluding tert-OH is 1. The molecule has 34 heavy (non-hydrogen) atoms. The highest BCUT2D eigenvalue weighted by atomic mass is 19.1. The van der Waals surface area contributed by atoms with Crippen molar-refractivity contribution >= 4 is 17.5 Å². The van der Waals surface area contributed by atoms with E-state index in [0.717, 1.165) is 5.56 Å². The quantitative estimate of drug-likeness (QED) is 0.559. The first-order valence-electron chi connectivity index (χ1n) is 10.8. The number of morpholine rings is 1. The van der Waals surface area contributed by atoms with Gasteiger partial charge in [0.05, 0.1) is 19.8 Å². The molecule has 0 spiro atoms. The van der Waals surface area contributed by atoms with Crippen molar-refractivity contribution in [2.75, 3.05) is 25.6 Å². The number of nitrogens with zero attached hydrogens (tertiary/aromatic N) is 1. The normalized spacial score (nSPS) is 16.7. The Balaban J connectivity index is 1.47. The molecule has 1 heterocycles. The van der Waals surface area contributed by atoms with Gasteiger partial charge < -0.3 is 24.8 Å². The number of benzene rings is 3. The molecule has 0 aliphatic carbocycles. The van der Waals surface area contributed by atoms with E-state index in [1.807, 2.05) is 24.3 Å². The van der Waals surface area contributed by atoms with Crippen molar-refractivity contribution in [1.82, 2.24) is 4.90 Å². The van der Waals surface area contributed by atoms with Crippen LogP contribution in [0.15, 0.2) is 72.8 Å². The van der Waals surface area contributed by atoms with Gasteiger partial charge in [-0.15, -0.1) is 0 Å². The number of hydrogen-bond donors (Lipinski definition) is 2. The maximum absolute atomic E-state index is 13.1. The Morgan fingerprint density at radius 1 is 1.15 bits per heavy atom. The van der Waals surface area contributed by atoms with Gasteiger partial charge in [-0.05, 0) is 48.0 Å². The minimum atomic E-state index is -0.999. The van der Waals surface area contributed by atoms with Gasteiger partial charge in [0.25, 0.3) is 5.91 Å². The second kappa shape index (κ2) is 10.5. The van der Waals surface area contributed by atoms with E-state index in [0.29, 0.717) is 22.6 Å². The summed E-state index contributed by atoms with van der Waals surface area (Å²) in [6, 6.07) is 18.8. The van der Waals surface area contributed by atoms with Crippen LogP contribution in [0.2, 0.25) is 0 Å². The third-order valence-corrected chi connectivity index (χ3v) is 5.75. The largest absolute Gasteiger partial charge is 0.496 e. The molecule has 0 radical (unpaired) electrons. The molecule has 3 aromatic rings. The van der Waals surface area contributed by atoms with Gasteiger partial charge in [0.15, 0.2) is 0 Å². The molecule has 1 aliphatic rings. The van der Waals surface area contributed by atoms with Gasteiger partial charge >= 0.3 is 0 Å². The molecule has 0 bridgehead atoms. The summed E-state index contributed by atoms with van der Waals surface area (Å²) in [7, 11) is 1.57. The fourth-order valence-electron chi connectivity index (χ4n) is 3.90. The molecule has 2 atom stereocenters. The highest BCUT2D eigenvalue weighted by molar-refractivity contribution is 6.04. The van der Waals surface area contributed by atoms with Crippen LogP contribution in [0.4, 0.5) is 10.1 Å². The number of ether oxygens (including phenoxy) is 2. The van der Waals surface area contributed by atoms with Gasteiger partial charge in [0.1, 0.15) is 24.3 Å².